The maximum Gasteiger partial charge on any atom is 0.258 e. The van der Waals surface area contributed by atoms with E-state index in [1.165, 1.54) is 0 Å². The molecule has 7 heteroatoms. The van der Waals surface area contributed by atoms with Crippen molar-refractivity contribution in [1.29, 1.82) is 5.26 Å². The highest BCUT2D eigenvalue weighted by atomic mass is 32.1. The van der Waals surface area contributed by atoms with Crippen molar-refractivity contribution in [3.05, 3.63) is 29.8 Å². The van der Waals surface area contributed by atoms with E-state index >= 15 is 0 Å². The summed E-state index contributed by atoms with van der Waals surface area (Å²) in [6.07, 6.45) is 2.24. The summed E-state index contributed by atoms with van der Waals surface area (Å²) >= 11 is 5.13. The van der Waals surface area contributed by atoms with Crippen LogP contribution in [-0.4, -0.2) is 40.2 Å². The van der Waals surface area contributed by atoms with Crippen LogP contribution in [0.4, 0.5) is 0 Å². The van der Waals surface area contributed by atoms with Crippen LogP contribution in [0.3, 0.4) is 0 Å². The molecule has 0 aliphatic rings. The Labute approximate surface area is 135 Å². The van der Waals surface area contributed by atoms with Gasteiger partial charge < -0.3 is 15.7 Å². The lowest BCUT2D eigenvalue weighted by Crippen LogP contribution is -2.51. The lowest BCUT2D eigenvalue weighted by molar-refractivity contribution is -0.129. The summed E-state index contributed by atoms with van der Waals surface area (Å²) in [5.74, 6) is -0.173. The number of carbonyl (C=O) groups excluding carboxylic acids is 1. The van der Waals surface area contributed by atoms with E-state index in [9.17, 15) is 9.90 Å². The summed E-state index contributed by atoms with van der Waals surface area (Å²) in [6.45, 7) is 4.58. The summed E-state index contributed by atoms with van der Waals surface area (Å²) in [4.78, 5) is 13.5. The fourth-order valence-corrected chi connectivity index (χ4v) is 2.19. The molecule has 1 amide bonds. The van der Waals surface area contributed by atoms with Gasteiger partial charge in [-0.3, -0.25) is 4.79 Å². The van der Waals surface area contributed by atoms with E-state index in [4.69, 9.17) is 17.5 Å². The molecule has 0 radical (unpaired) electrons. The molecule has 1 aromatic carbocycles. The summed E-state index contributed by atoms with van der Waals surface area (Å²) in [6, 6.07) is 5.94. The van der Waals surface area contributed by atoms with E-state index in [0.717, 1.165) is 10.5 Å². The number of aromatic hydroxyl groups is 1. The number of nitrogens with one attached hydrogen (secondary N) is 2. The van der Waals surface area contributed by atoms with Crippen molar-refractivity contribution in [1.82, 2.24) is 15.5 Å². The van der Waals surface area contributed by atoms with Crippen LogP contribution >= 0.6 is 12.2 Å². The van der Waals surface area contributed by atoms with E-state index in [0.29, 0.717) is 24.6 Å². The van der Waals surface area contributed by atoms with Crippen molar-refractivity contribution in [3.8, 4) is 11.9 Å². The predicted octanol–water partition coefficient (Wildman–Crippen LogP) is 1.12. The number of carbonyl (C=O) groups is 1. The number of phenols is 1. The standard InChI is InChI=1S/C15H20N4O2S/c1-3-17-15(22)18-13(14(21)19(4-2)10-16)9-11-5-7-12(20)8-6-11/h5-8,13,20H,3-4,9H2,1-2H3,(H2,17,18,22). The first kappa shape index (κ1) is 17.7. The number of amides is 1. The number of phenolic OH excluding ortho intramolecular Hbond substituents is 1. The monoisotopic (exact) mass is 320 g/mol. The average Bonchev–Trinajstić information content (AvgIpc) is 2.50. The zero-order valence-corrected chi connectivity index (χ0v) is 13.5. The molecule has 6 nitrogen and oxygen atoms in total. The van der Waals surface area contributed by atoms with Crippen molar-refractivity contribution < 1.29 is 9.90 Å². The Bertz CT molecular complexity index is 554. The second-order valence-electron chi connectivity index (χ2n) is 4.61. The summed E-state index contributed by atoms with van der Waals surface area (Å²) in [7, 11) is 0. The van der Waals surface area contributed by atoms with Crippen LogP contribution in [0.5, 0.6) is 5.75 Å². The number of rotatable bonds is 6. The largest absolute Gasteiger partial charge is 0.508 e. The van der Waals surface area contributed by atoms with Gasteiger partial charge in [-0.05, 0) is 43.8 Å². The Hall–Kier alpha value is -2.33. The molecular weight excluding hydrogens is 300 g/mol. The third-order valence-electron chi connectivity index (χ3n) is 3.02. The van der Waals surface area contributed by atoms with Crippen molar-refractivity contribution in [2.24, 2.45) is 0 Å². The molecule has 118 valence electrons. The van der Waals surface area contributed by atoms with Gasteiger partial charge in [0.15, 0.2) is 11.3 Å². The highest BCUT2D eigenvalue weighted by Crippen LogP contribution is 2.12. The van der Waals surface area contributed by atoms with Crippen LogP contribution in [-0.2, 0) is 11.2 Å². The Morgan fingerprint density at radius 2 is 2.05 bits per heavy atom. The van der Waals surface area contributed by atoms with Crippen LogP contribution in [0.1, 0.15) is 19.4 Å². The average molecular weight is 320 g/mol. The van der Waals surface area contributed by atoms with Crippen LogP contribution in [0.2, 0.25) is 0 Å². The molecule has 0 fully saturated rings. The summed E-state index contributed by atoms with van der Waals surface area (Å²) in [5.41, 5.74) is 0.858. The number of hydrogen-bond acceptors (Lipinski definition) is 4. The Morgan fingerprint density at radius 3 is 2.55 bits per heavy atom. The molecule has 0 spiro atoms. The van der Waals surface area contributed by atoms with Crippen LogP contribution in [0, 0.1) is 11.5 Å². The Morgan fingerprint density at radius 1 is 1.41 bits per heavy atom. The molecular formula is C15H20N4O2S. The van der Waals surface area contributed by atoms with Crippen LogP contribution in [0.25, 0.3) is 0 Å². The van der Waals surface area contributed by atoms with E-state index in [1.54, 1.807) is 31.2 Å². The number of hydrogen-bond donors (Lipinski definition) is 3. The number of nitriles is 1. The van der Waals surface area contributed by atoms with E-state index in [2.05, 4.69) is 10.6 Å². The number of thiocarbonyl (C=S) groups is 1. The molecule has 22 heavy (non-hydrogen) atoms. The number of benzene rings is 1. The Kier molecular flexibility index (Phi) is 7.13. The van der Waals surface area contributed by atoms with Gasteiger partial charge in [0.1, 0.15) is 11.8 Å². The maximum atomic E-state index is 12.4. The van der Waals surface area contributed by atoms with Gasteiger partial charge in [0.2, 0.25) is 0 Å². The normalized spacial score (nSPS) is 11.1. The fraction of sp³-hybridized carbons (Fsp3) is 0.400. The van der Waals surface area contributed by atoms with Gasteiger partial charge in [0.25, 0.3) is 5.91 Å². The second-order valence-corrected chi connectivity index (χ2v) is 5.02. The zero-order valence-electron chi connectivity index (χ0n) is 12.7. The van der Waals surface area contributed by atoms with Gasteiger partial charge in [-0.15, -0.1) is 0 Å². The molecule has 0 aliphatic carbocycles. The van der Waals surface area contributed by atoms with Crippen LogP contribution in [0.15, 0.2) is 24.3 Å². The fourth-order valence-electron chi connectivity index (χ4n) is 1.90. The van der Waals surface area contributed by atoms with Gasteiger partial charge in [-0.25, -0.2) is 4.90 Å². The molecule has 1 aromatic rings. The number of likely N-dealkylation sites (N-methyl/N-ethyl adjacent to an activating group) is 1. The van der Waals surface area contributed by atoms with E-state index < -0.39 is 6.04 Å². The third kappa shape index (κ3) is 5.22. The first-order valence-electron chi connectivity index (χ1n) is 7.05. The van der Waals surface area contributed by atoms with Crippen molar-refractivity contribution in [2.45, 2.75) is 26.3 Å². The maximum absolute atomic E-state index is 12.4. The van der Waals surface area contributed by atoms with E-state index in [1.807, 2.05) is 13.1 Å². The second kappa shape index (κ2) is 8.85. The first-order valence-corrected chi connectivity index (χ1v) is 7.46. The highest BCUT2D eigenvalue weighted by Gasteiger charge is 2.24. The Balaban J connectivity index is 2.90. The van der Waals surface area contributed by atoms with E-state index in [-0.39, 0.29) is 11.7 Å². The minimum Gasteiger partial charge on any atom is -0.508 e. The number of nitrogens with zero attached hydrogens (tertiary/aromatic N) is 2. The smallest absolute Gasteiger partial charge is 0.258 e. The molecule has 1 rings (SSSR count). The minimum atomic E-state index is -0.643. The third-order valence-corrected chi connectivity index (χ3v) is 3.28. The van der Waals surface area contributed by atoms with Crippen LogP contribution < -0.4 is 10.6 Å². The molecule has 0 bridgehead atoms. The minimum absolute atomic E-state index is 0.162. The molecule has 1 unspecified atom stereocenters. The molecule has 0 saturated heterocycles. The molecule has 0 saturated carbocycles. The van der Waals surface area contributed by atoms with Gasteiger partial charge in [-0.2, -0.15) is 5.26 Å². The summed E-state index contributed by atoms with van der Waals surface area (Å²) in [5, 5.41) is 24.6. The van der Waals surface area contributed by atoms with Crippen molar-refractivity contribution >= 4 is 23.2 Å². The topological polar surface area (TPSA) is 88.4 Å². The van der Waals surface area contributed by atoms with Gasteiger partial charge >= 0.3 is 0 Å². The van der Waals surface area contributed by atoms with Gasteiger partial charge in [0.05, 0.1) is 0 Å². The zero-order chi connectivity index (χ0) is 16.5. The molecule has 1 atom stereocenters. The lowest BCUT2D eigenvalue weighted by atomic mass is 10.0. The molecule has 0 heterocycles. The first-order chi connectivity index (χ1) is 10.5. The van der Waals surface area contributed by atoms with Gasteiger partial charge in [0, 0.05) is 19.5 Å². The molecule has 0 aliphatic heterocycles. The molecule has 3 N–H and O–H groups in total. The quantitative estimate of drug-likeness (QED) is 0.413. The molecule has 0 aromatic heterocycles. The highest BCUT2D eigenvalue weighted by molar-refractivity contribution is 7.80. The lowest BCUT2D eigenvalue weighted by Gasteiger charge is -2.23. The SMILES string of the molecule is CCNC(=S)NC(Cc1ccc(O)cc1)C(=O)N(C#N)CC. The summed E-state index contributed by atoms with van der Waals surface area (Å²) < 4.78 is 0. The van der Waals surface area contributed by atoms with Crippen molar-refractivity contribution in [3.63, 3.8) is 0 Å². The van der Waals surface area contributed by atoms with Crippen molar-refractivity contribution in [2.75, 3.05) is 13.1 Å². The predicted molar refractivity (Wildman–Crippen MR) is 88.0 cm³/mol. The van der Waals surface area contributed by atoms with Gasteiger partial charge in [-0.1, -0.05) is 12.1 Å².